The highest BCUT2D eigenvalue weighted by atomic mass is 32.1. The fourth-order valence-electron chi connectivity index (χ4n) is 1.48. The van der Waals surface area contributed by atoms with E-state index in [1.807, 2.05) is 19.2 Å². The standard InChI is InChI=1S/C13H18N4S/c1-13(2,3)10-8-18-12(15-10)7-9-5-6-11(14-4)17-16-9/h5-6,8H,7H2,1-4H3,(H,14,17). The largest absolute Gasteiger partial charge is 0.372 e. The third-order valence-corrected chi connectivity index (χ3v) is 3.48. The first-order chi connectivity index (χ1) is 8.49. The fourth-order valence-corrected chi connectivity index (χ4v) is 2.52. The summed E-state index contributed by atoms with van der Waals surface area (Å²) in [6, 6.07) is 3.91. The van der Waals surface area contributed by atoms with Crippen LogP contribution in [0.25, 0.3) is 0 Å². The lowest BCUT2D eigenvalue weighted by atomic mass is 9.93. The molecule has 5 heteroatoms. The molecule has 0 aliphatic rings. The smallest absolute Gasteiger partial charge is 0.148 e. The molecule has 0 saturated heterocycles. The van der Waals surface area contributed by atoms with Gasteiger partial charge in [-0.15, -0.1) is 16.4 Å². The van der Waals surface area contributed by atoms with Gasteiger partial charge in [-0.05, 0) is 12.1 Å². The molecular weight excluding hydrogens is 244 g/mol. The van der Waals surface area contributed by atoms with Gasteiger partial charge in [0.25, 0.3) is 0 Å². The zero-order chi connectivity index (χ0) is 13.2. The minimum atomic E-state index is 0.108. The van der Waals surface area contributed by atoms with E-state index in [-0.39, 0.29) is 5.41 Å². The van der Waals surface area contributed by atoms with Crippen molar-refractivity contribution in [2.45, 2.75) is 32.6 Å². The molecular formula is C13H18N4S. The van der Waals surface area contributed by atoms with Crippen LogP contribution in [0.1, 0.15) is 37.2 Å². The molecule has 0 saturated carbocycles. The number of anilines is 1. The Balaban J connectivity index is 2.11. The lowest BCUT2D eigenvalue weighted by Crippen LogP contribution is -2.11. The van der Waals surface area contributed by atoms with Crippen molar-refractivity contribution in [2.75, 3.05) is 12.4 Å². The van der Waals surface area contributed by atoms with Gasteiger partial charge in [-0.25, -0.2) is 4.98 Å². The van der Waals surface area contributed by atoms with Crippen LogP contribution in [0.5, 0.6) is 0 Å². The molecule has 0 fully saturated rings. The topological polar surface area (TPSA) is 50.7 Å². The summed E-state index contributed by atoms with van der Waals surface area (Å²) >= 11 is 1.69. The van der Waals surface area contributed by atoms with Crippen LogP contribution >= 0.6 is 11.3 Å². The van der Waals surface area contributed by atoms with Gasteiger partial charge in [-0.1, -0.05) is 20.8 Å². The van der Waals surface area contributed by atoms with Crippen LogP contribution < -0.4 is 5.32 Å². The molecule has 1 N–H and O–H groups in total. The molecule has 96 valence electrons. The summed E-state index contributed by atoms with van der Waals surface area (Å²) in [5.41, 5.74) is 2.20. The van der Waals surface area contributed by atoms with E-state index < -0.39 is 0 Å². The average Bonchev–Trinajstić information content (AvgIpc) is 2.78. The molecule has 0 radical (unpaired) electrons. The Morgan fingerprint density at radius 2 is 2.00 bits per heavy atom. The Labute approximate surface area is 111 Å². The van der Waals surface area contributed by atoms with Crippen molar-refractivity contribution in [1.82, 2.24) is 15.2 Å². The first-order valence-corrected chi connectivity index (χ1v) is 6.82. The lowest BCUT2D eigenvalue weighted by molar-refractivity contribution is 0.571. The quantitative estimate of drug-likeness (QED) is 0.924. The lowest BCUT2D eigenvalue weighted by Gasteiger charge is -2.14. The van der Waals surface area contributed by atoms with Gasteiger partial charge in [-0.3, -0.25) is 0 Å². The number of nitrogens with zero attached hydrogens (tertiary/aromatic N) is 3. The van der Waals surface area contributed by atoms with Gasteiger partial charge in [0.1, 0.15) is 5.82 Å². The monoisotopic (exact) mass is 262 g/mol. The van der Waals surface area contributed by atoms with Crippen LogP contribution in [0.4, 0.5) is 5.82 Å². The Bertz CT molecular complexity index is 511. The number of aromatic nitrogens is 3. The Morgan fingerprint density at radius 1 is 1.22 bits per heavy atom. The van der Waals surface area contributed by atoms with E-state index >= 15 is 0 Å². The van der Waals surface area contributed by atoms with Crippen LogP contribution in [0.3, 0.4) is 0 Å². The third-order valence-electron chi connectivity index (χ3n) is 2.63. The molecule has 0 aliphatic heterocycles. The molecule has 0 amide bonds. The fraction of sp³-hybridized carbons (Fsp3) is 0.462. The number of hydrogen-bond donors (Lipinski definition) is 1. The highest BCUT2D eigenvalue weighted by Gasteiger charge is 2.17. The maximum Gasteiger partial charge on any atom is 0.148 e. The van der Waals surface area contributed by atoms with Gasteiger partial charge in [-0.2, -0.15) is 5.10 Å². The van der Waals surface area contributed by atoms with E-state index in [1.165, 1.54) is 0 Å². The van der Waals surface area contributed by atoms with Gasteiger partial charge in [0.2, 0.25) is 0 Å². The van der Waals surface area contributed by atoms with E-state index in [1.54, 1.807) is 11.3 Å². The minimum absolute atomic E-state index is 0.108. The molecule has 2 heterocycles. The number of thiazole rings is 1. The summed E-state index contributed by atoms with van der Waals surface area (Å²) in [7, 11) is 1.83. The van der Waals surface area contributed by atoms with Crippen molar-refractivity contribution in [3.05, 3.63) is 33.9 Å². The zero-order valence-corrected chi connectivity index (χ0v) is 12.0. The van der Waals surface area contributed by atoms with Gasteiger partial charge >= 0.3 is 0 Å². The maximum absolute atomic E-state index is 4.65. The molecule has 0 aromatic carbocycles. The molecule has 2 aromatic heterocycles. The van der Waals surface area contributed by atoms with Crippen LogP contribution in [-0.4, -0.2) is 22.2 Å². The molecule has 0 unspecified atom stereocenters. The Morgan fingerprint density at radius 3 is 2.50 bits per heavy atom. The van der Waals surface area contributed by atoms with Crippen molar-refractivity contribution in [2.24, 2.45) is 0 Å². The molecule has 0 spiro atoms. The van der Waals surface area contributed by atoms with E-state index in [4.69, 9.17) is 0 Å². The van der Waals surface area contributed by atoms with Crippen molar-refractivity contribution in [3.63, 3.8) is 0 Å². The second kappa shape index (κ2) is 5.02. The van der Waals surface area contributed by atoms with E-state index in [9.17, 15) is 0 Å². The first kappa shape index (κ1) is 13.0. The van der Waals surface area contributed by atoms with Crippen LogP contribution in [0.15, 0.2) is 17.5 Å². The predicted molar refractivity (Wildman–Crippen MR) is 75.2 cm³/mol. The summed E-state index contributed by atoms with van der Waals surface area (Å²) in [5.74, 6) is 0.785. The Kier molecular flexibility index (Phi) is 3.61. The second-order valence-electron chi connectivity index (χ2n) is 5.21. The van der Waals surface area contributed by atoms with Crippen LogP contribution in [-0.2, 0) is 11.8 Å². The number of nitrogens with one attached hydrogen (secondary N) is 1. The van der Waals surface area contributed by atoms with Crippen molar-refractivity contribution in [3.8, 4) is 0 Å². The SMILES string of the molecule is CNc1ccc(Cc2nc(C(C)(C)C)cs2)nn1. The van der Waals surface area contributed by atoms with Crippen molar-refractivity contribution in [1.29, 1.82) is 0 Å². The molecule has 4 nitrogen and oxygen atoms in total. The maximum atomic E-state index is 4.65. The number of hydrogen-bond acceptors (Lipinski definition) is 5. The normalized spacial score (nSPS) is 11.6. The summed E-state index contributed by atoms with van der Waals surface area (Å²) in [6.07, 6.45) is 0.748. The zero-order valence-electron chi connectivity index (χ0n) is 11.2. The Hall–Kier alpha value is -1.49. The van der Waals surface area contributed by atoms with Crippen LogP contribution in [0.2, 0.25) is 0 Å². The van der Waals surface area contributed by atoms with Crippen molar-refractivity contribution >= 4 is 17.2 Å². The van der Waals surface area contributed by atoms with Gasteiger partial charge in [0.05, 0.1) is 16.4 Å². The summed E-state index contributed by atoms with van der Waals surface area (Å²) in [5, 5.41) is 14.4. The highest BCUT2D eigenvalue weighted by molar-refractivity contribution is 7.09. The van der Waals surface area contributed by atoms with Crippen molar-refractivity contribution < 1.29 is 0 Å². The van der Waals surface area contributed by atoms with E-state index in [0.717, 1.165) is 28.6 Å². The van der Waals surface area contributed by atoms with Gasteiger partial charge in [0, 0.05) is 24.3 Å². The summed E-state index contributed by atoms with van der Waals surface area (Å²) < 4.78 is 0. The van der Waals surface area contributed by atoms with Crippen LogP contribution in [0, 0.1) is 0 Å². The van der Waals surface area contributed by atoms with E-state index in [0.29, 0.717) is 0 Å². The van der Waals surface area contributed by atoms with E-state index in [2.05, 4.69) is 46.6 Å². The molecule has 0 bridgehead atoms. The molecule has 2 rings (SSSR count). The first-order valence-electron chi connectivity index (χ1n) is 5.94. The third kappa shape index (κ3) is 3.04. The molecule has 0 aliphatic carbocycles. The van der Waals surface area contributed by atoms with Gasteiger partial charge in [0.15, 0.2) is 0 Å². The second-order valence-corrected chi connectivity index (χ2v) is 6.16. The summed E-state index contributed by atoms with van der Waals surface area (Å²) in [6.45, 7) is 6.52. The van der Waals surface area contributed by atoms with Gasteiger partial charge < -0.3 is 5.32 Å². The molecule has 2 aromatic rings. The minimum Gasteiger partial charge on any atom is -0.372 e. The average molecular weight is 262 g/mol. The molecule has 0 atom stereocenters. The molecule has 18 heavy (non-hydrogen) atoms. The number of rotatable bonds is 3. The summed E-state index contributed by atoms with van der Waals surface area (Å²) in [4.78, 5) is 4.65. The predicted octanol–water partition coefficient (Wildman–Crippen LogP) is 2.86. The highest BCUT2D eigenvalue weighted by Crippen LogP contribution is 2.24.